The number of carbonyl (C=O) groups excluding carboxylic acids is 2. The molecule has 1 spiro atoms. The van der Waals surface area contributed by atoms with Crippen molar-refractivity contribution >= 4 is 28.6 Å². The maximum Gasteiger partial charge on any atom is 0.415 e. The van der Waals surface area contributed by atoms with E-state index in [1.54, 1.807) is 40.4 Å². The van der Waals surface area contributed by atoms with E-state index in [9.17, 15) is 14.4 Å². The van der Waals surface area contributed by atoms with E-state index in [1.807, 2.05) is 12.1 Å². The van der Waals surface area contributed by atoms with Crippen LogP contribution in [0.15, 0.2) is 53.6 Å². The maximum atomic E-state index is 13.1. The fourth-order valence-electron chi connectivity index (χ4n) is 4.98. The van der Waals surface area contributed by atoms with Gasteiger partial charge >= 0.3 is 6.09 Å². The van der Waals surface area contributed by atoms with Crippen molar-refractivity contribution in [2.45, 2.75) is 25.0 Å². The molecule has 3 aliphatic rings. The molecule has 0 aliphatic carbocycles. The number of benzene rings is 1. The van der Waals surface area contributed by atoms with Crippen LogP contribution in [0, 0.1) is 0 Å². The van der Waals surface area contributed by atoms with Crippen LogP contribution in [0.4, 0.5) is 10.5 Å². The fourth-order valence-corrected chi connectivity index (χ4v) is 4.98. The lowest BCUT2D eigenvalue weighted by Gasteiger charge is -2.37. The summed E-state index contributed by atoms with van der Waals surface area (Å²) in [7, 11) is 0. The third-order valence-corrected chi connectivity index (χ3v) is 6.92. The van der Waals surface area contributed by atoms with Gasteiger partial charge in [-0.25, -0.2) is 4.79 Å². The summed E-state index contributed by atoms with van der Waals surface area (Å²) in [6.45, 7) is 2.20. The molecular weight excluding hydrogens is 452 g/mol. The van der Waals surface area contributed by atoms with Crippen molar-refractivity contribution in [3.8, 4) is 11.5 Å². The predicted molar refractivity (Wildman–Crippen MR) is 126 cm³/mol. The second-order valence-corrected chi connectivity index (χ2v) is 9.04. The highest BCUT2D eigenvalue weighted by Gasteiger charge is 2.48. The van der Waals surface area contributed by atoms with Crippen molar-refractivity contribution in [2.24, 2.45) is 0 Å². The number of nitrogens with zero attached hydrogens (tertiary/aromatic N) is 4. The average Bonchev–Trinajstić information content (AvgIpc) is 3.21. The molecule has 2 aromatic heterocycles. The summed E-state index contributed by atoms with van der Waals surface area (Å²) in [5.41, 5.74) is 0.425. The van der Waals surface area contributed by atoms with Gasteiger partial charge in [-0.05, 0) is 24.3 Å². The molecule has 2 fully saturated rings. The summed E-state index contributed by atoms with van der Waals surface area (Å²) < 4.78 is 18.5. The number of fused-ring (bicyclic) bond motifs is 2. The second-order valence-electron chi connectivity index (χ2n) is 9.04. The first kappa shape index (κ1) is 21.5. The van der Waals surface area contributed by atoms with Crippen LogP contribution < -0.4 is 19.9 Å². The first-order valence-corrected chi connectivity index (χ1v) is 11.6. The molecule has 35 heavy (non-hydrogen) atoms. The van der Waals surface area contributed by atoms with Crippen molar-refractivity contribution < 1.29 is 23.8 Å². The highest BCUT2D eigenvalue weighted by molar-refractivity contribution is 5.91. The third kappa shape index (κ3) is 3.84. The molecule has 3 aromatic rings. The molecule has 3 aliphatic heterocycles. The normalized spacial score (nSPS) is 18.7. The van der Waals surface area contributed by atoms with Gasteiger partial charge in [0.05, 0.1) is 23.9 Å². The first-order valence-electron chi connectivity index (χ1n) is 11.6. The van der Waals surface area contributed by atoms with Gasteiger partial charge in [-0.1, -0.05) is 0 Å². The first-order chi connectivity index (χ1) is 17.0. The van der Waals surface area contributed by atoms with Crippen LogP contribution in [0.3, 0.4) is 0 Å². The molecule has 5 heterocycles. The molecular formula is C25H24N4O6. The zero-order valence-electron chi connectivity index (χ0n) is 19.0. The number of hydrogen-bond acceptors (Lipinski definition) is 7. The van der Waals surface area contributed by atoms with E-state index in [2.05, 4.69) is 4.98 Å². The van der Waals surface area contributed by atoms with Gasteiger partial charge in [0.1, 0.15) is 25.4 Å². The van der Waals surface area contributed by atoms with E-state index < -0.39 is 11.7 Å². The quantitative estimate of drug-likeness (QED) is 0.571. The zero-order valence-corrected chi connectivity index (χ0v) is 19.0. The lowest BCUT2D eigenvalue weighted by atomic mass is 9.91. The lowest BCUT2D eigenvalue weighted by molar-refractivity contribution is -0.135. The maximum absolute atomic E-state index is 13.1. The van der Waals surface area contributed by atoms with Crippen LogP contribution in [-0.4, -0.2) is 64.9 Å². The monoisotopic (exact) mass is 476 g/mol. The van der Waals surface area contributed by atoms with Gasteiger partial charge in [-0.2, -0.15) is 0 Å². The number of aromatic nitrogens is 2. The summed E-state index contributed by atoms with van der Waals surface area (Å²) in [6.07, 6.45) is 3.89. The minimum atomic E-state index is -0.651. The van der Waals surface area contributed by atoms with Gasteiger partial charge < -0.3 is 19.1 Å². The Hall–Kier alpha value is -4.08. The minimum Gasteiger partial charge on any atom is -0.486 e. The Morgan fingerprint density at radius 2 is 1.80 bits per heavy atom. The highest BCUT2D eigenvalue weighted by atomic mass is 16.6. The summed E-state index contributed by atoms with van der Waals surface area (Å²) in [5.74, 6) is 1.13. The number of pyridine rings is 2. The molecule has 0 bridgehead atoms. The van der Waals surface area contributed by atoms with Gasteiger partial charge in [-0.15, -0.1) is 0 Å². The van der Waals surface area contributed by atoms with Crippen LogP contribution in [-0.2, 0) is 16.1 Å². The van der Waals surface area contributed by atoms with Gasteiger partial charge in [0.2, 0.25) is 5.91 Å². The number of amides is 2. The van der Waals surface area contributed by atoms with Crippen molar-refractivity contribution in [3.05, 3.63) is 59.1 Å². The molecule has 6 rings (SSSR count). The highest BCUT2D eigenvalue weighted by Crippen LogP contribution is 2.39. The van der Waals surface area contributed by atoms with E-state index in [0.29, 0.717) is 68.4 Å². The Morgan fingerprint density at radius 1 is 1.00 bits per heavy atom. The lowest BCUT2D eigenvalue weighted by Crippen LogP contribution is -2.49. The molecule has 0 radical (unpaired) electrons. The van der Waals surface area contributed by atoms with Crippen LogP contribution >= 0.6 is 0 Å². The zero-order chi connectivity index (χ0) is 24.0. The number of likely N-dealkylation sites (tertiary alicyclic amines) is 1. The number of piperidine rings is 1. The molecule has 1 aromatic carbocycles. The van der Waals surface area contributed by atoms with Gasteiger partial charge in [0, 0.05) is 49.6 Å². The Morgan fingerprint density at radius 3 is 2.63 bits per heavy atom. The van der Waals surface area contributed by atoms with E-state index >= 15 is 0 Å². The van der Waals surface area contributed by atoms with Crippen molar-refractivity contribution in [3.63, 3.8) is 0 Å². The second kappa shape index (κ2) is 8.30. The topological polar surface area (TPSA) is 103 Å². The van der Waals surface area contributed by atoms with Crippen LogP contribution in [0.5, 0.6) is 11.5 Å². The Kier molecular flexibility index (Phi) is 5.09. The van der Waals surface area contributed by atoms with Gasteiger partial charge in [-0.3, -0.25) is 24.0 Å². The fraction of sp³-hybridized carbons (Fsp3) is 0.360. The predicted octanol–water partition coefficient (Wildman–Crippen LogP) is 2.19. The van der Waals surface area contributed by atoms with Crippen LogP contribution in [0.25, 0.3) is 10.9 Å². The number of hydrogen-bond donors (Lipinski definition) is 0. The van der Waals surface area contributed by atoms with Crippen LogP contribution in [0.2, 0.25) is 0 Å². The third-order valence-electron chi connectivity index (χ3n) is 6.92. The molecule has 0 atom stereocenters. The SMILES string of the molecule is O=C(Cn1c(=O)ccc2ccncc21)N1CCC2(CC1)CN(c1ccc3c(c1)OCCO3)C(=O)O2. The van der Waals surface area contributed by atoms with Crippen LogP contribution in [0.1, 0.15) is 12.8 Å². The molecule has 0 unspecified atom stereocenters. The van der Waals surface area contributed by atoms with Crippen molar-refractivity contribution in [1.29, 1.82) is 0 Å². The average molecular weight is 476 g/mol. The molecule has 2 amide bonds. The standard InChI is InChI=1S/C25H24N4O6/c30-22-4-1-17-5-8-26-14-19(17)28(22)15-23(31)27-9-6-25(7-10-27)16-29(24(32)35-25)18-2-3-20-21(13-18)34-12-11-33-20/h1-5,8,13-14H,6-7,9-12,15-16H2. The molecule has 2 saturated heterocycles. The number of carbonyl (C=O) groups is 2. The summed E-state index contributed by atoms with van der Waals surface area (Å²) in [5, 5.41) is 0.849. The largest absolute Gasteiger partial charge is 0.486 e. The smallest absolute Gasteiger partial charge is 0.415 e. The summed E-state index contributed by atoms with van der Waals surface area (Å²) >= 11 is 0. The molecule has 0 saturated carbocycles. The summed E-state index contributed by atoms with van der Waals surface area (Å²) in [6, 6.07) is 10.4. The minimum absolute atomic E-state index is 0.0576. The molecule has 10 nitrogen and oxygen atoms in total. The van der Waals surface area contributed by atoms with E-state index in [1.165, 1.54) is 10.6 Å². The van der Waals surface area contributed by atoms with Gasteiger partial charge in [0.15, 0.2) is 11.5 Å². The molecule has 180 valence electrons. The van der Waals surface area contributed by atoms with E-state index in [-0.39, 0.29) is 18.0 Å². The molecule has 0 N–H and O–H groups in total. The number of rotatable bonds is 3. The Labute approximate surface area is 200 Å². The Bertz CT molecular complexity index is 1380. The summed E-state index contributed by atoms with van der Waals surface area (Å²) in [4.78, 5) is 45.7. The van der Waals surface area contributed by atoms with Gasteiger partial charge in [0.25, 0.3) is 5.56 Å². The Balaban J connectivity index is 1.14. The van der Waals surface area contributed by atoms with Crippen molar-refractivity contribution in [2.75, 3.05) is 37.7 Å². The number of anilines is 1. The van der Waals surface area contributed by atoms with E-state index in [4.69, 9.17) is 14.2 Å². The number of ether oxygens (including phenoxy) is 3. The van der Waals surface area contributed by atoms with Crippen molar-refractivity contribution in [1.82, 2.24) is 14.5 Å². The molecule has 10 heteroatoms. The van der Waals surface area contributed by atoms with E-state index in [0.717, 1.165) is 5.39 Å².